The van der Waals surface area contributed by atoms with Crippen LogP contribution in [0.25, 0.3) is 0 Å². The van der Waals surface area contributed by atoms with Crippen molar-refractivity contribution in [2.75, 3.05) is 14.2 Å². The van der Waals surface area contributed by atoms with E-state index in [2.05, 4.69) is 9.47 Å². The Hall–Kier alpha value is -1.59. The van der Waals surface area contributed by atoms with Crippen LogP contribution in [0.5, 0.6) is 0 Å². The number of nitrogens with zero attached hydrogens (tertiary/aromatic N) is 1. The third-order valence-electron chi connectivity index (χ3n) is 3.08. The van der Waals surface area contributed by atoms with Gasteiger partial charge in [0.05, 0.1) is 14.2 Å². The van der Waals surface area contributed by atoms with Gasteiger partial charge in [-0.1, -0.05) is 13.8 Å². The molecule has 0 spiro atoms. The van der Waals surface area contributed by atoms with Gasteiger partial charge in [0.2, 0.25) is 5.91 Å². The van der Waals surface area contributed by atoms with Crippen LogP contribution in [0.1, 0.15) is 26.7 Å². The molecule has 1 heterocycles. The molecule has 0 radical (unpaired) electrons. The Labute approximate surface area is 106 Å². The second-order valence-corrected chi connectivity index (χ2v) is 4.56. The molecule has 1 amide bonds. The van der Waals surface area contributed by atoms with E-state index >= 15 is 0 Å². The summed E-state index contributed by atoms with van der Waals surface area (Å²) in [7, 11) is 2.54. The molecule has 2 atom stereocenters. The van der Waals surface area contributed by atoms with Crippen LogP contribution in [-0.4, -0.2) is 49.0 Å². The van der Waals surface area contributed by atoms with Gasteiger partial charge in [0.1, 0.15) is 12.1 Å². The monoisotopic (exact) mass is 257 g/mol. The van der Waals surface area contributed by atoms with Crippen molar-refractivity contribution in [1.29, 1.82) is 0 Å². The average Bonchev–Trinajstić information content (AvgIpc) is 2.80. The highest BCUT2D eigenvalue weighted by molar-refractivity contribution is 5.91. The standard InChI is InChI=1S/C12H19NO5/c1-7(2)10(14)13-8(11(15)17-3)5-6-9(13)12(16)18-4/h7-9H,5-6H2,1-4H3. The molecule has 1 aliphatic heterocycles. The van der Waals surface area contributed by atoms with E-state index in [0.717, 1.165) is 0 Å². The van der Waals surface area contributed by atoms with Crippen LogP contribution in [-0.2, 0) is 23.9 Å². The van der Waals surface area contributed by atoms with Gasteiger partial charge in [-0.25, -0.2) is 9.59 Å². The maximum absolute atomic E-state index is 12.1. The highest BCUT2D eigenvalue weighted by Crippen LogP contribution is 2.27. The van der Waals surface area contributed by atoms with Crippen molar-refractivity contribution >= 4 is 17.8 Å². The predicted octanol–water partition coefficient (Wildman–Crippen LogP) is 0.348. The molecule has 1 rings (SSSR count). The molecular weight excluding hydrogens is 238 g/mol. The highest BCUT2D eigenvalue weighted by atomic mass is 16.5. The van der Waals surface area contributed by atoms with Crippen LogP contribution < -0.4 is 0 Å². The Kier molecular flexibility index (Phi) is 4.69. The second-order valence-electron chi connectivity index (χ2n) is 4.56. The van der Waals surface area contributed by atoms with Gasteiger partial charge in [-0.05, 0) is 12.8 Å². The van der Waals surface area contributed by atoms with E-state index in [-0.39, 0.29) is 11.8 Å². The molecule has 0 aromatic rings. The lowest BCUT2D eigenvalue weighted by Gasteiger charge is -2.28. The summed E-state index contributed by atoms with van der Waals surface area (Å²) in [6, 6.07) is -1.37. The number of carbonyl (C=O) groups is 3. The second kappa shape index (κ2) is 5.84. The lowest BCUT2D eigenvalue weighted by molar-refractivity contribution is -0.159. The minimum absolute atomic E-state index is 0.238. The predicted molar refractivity (Wildman–Crippen MR) is 62.5 cm³/mol. The number of hydrogen-bond acceptors (Lipinski definition) is 5. The molecule has 0 N–H and O–H groups in total. The van der Waals surface area contributed by atoms with Gasteiger partial charge in [-0.3, -0.25) is 4.79 Å². The van der Waals surface area contributed by atoms with Crippen LogP contribution in [0.2, 0.25) is 0 Å². The summed E-state index contributed by atoms with van der Waals surface area (Å²) >= 11 is 0. The molecule has 6 nitrogen and oxygen atoms in total. The Morgan fingerprint density at radius 2 is 1.39 bits per heavy atom. The van der Waals surface area contributed by atoms with Crippen LogP contribution >= 0.6 is 0 Å². The topological polar surface area (TPSA) is 72.9 Å². The average molecular weight is 257 g/mol. The molecule has 0 aliphatic carbocycles. The van der Waals surface area contributed by atoms with E-state index < -0.39 is 24.0 Å². The number of ether oxygens (including phenoxy) is 2. The van der Waals surface area contributed by atoms with Crippen molar-refractivity contribution < 1.29 is 23.9 Å². The van der Waals surface area contributed by atoms with Crippen molar-refractivity contribution in [3.8, 4) is 0 Å². The lowest BCUT2D eigenvalue weighted by Crippen LogP contribution is -2.50. The third-order valence-corrected chi connectivity index (χ3v) is 3.08. The number of carbonyl (C=O) groups excluding carboxylic acids is 3. The number of likely N-dealkylation sites (tertiary alicyclic amines) is 1. The fourth-order valence-corrected chi connectivity index (χ4v) is 2.15. The molecule has 0 bridgehead atoms. The fraction of sp³-hybridized carbons (Fsp3) is 0.750. The minimum Gasteiger partial charge on any atom is -0.467 e. The van der Waals surface area contributed by atoms with Gasteiger partial charge >= 0.3 is 11.9 Å². The number of amides is 1. The van der Waals surface area contributed by atoms with E-state index in [0.29, 0.717) is 12.8 Å². The van der Waals surface area contributed by atoms with E-state index in [4.69, 9.17) is 0 Å². The molecule has 1 fully saturated rings. The largest absolute Gasteiger partial charge is 0.467 e. The van der Waals surface area contributed by atoms with Crippen molar-refractivity contribution in [1.82, 2.24) is 4.90 Å². The van der Waals surface area contributed by atoms with Crippen molar-refractivity contribution in [2.45, 2.75) is 38.8 Å². The van der Waals surface area contributed by atoms with Gasteiger partial charge in [0.25, 0.3) is 0 Å². The fourth-order valence-electron chi connectivity index (χ4n) is 2.15. The van der Waals surface area contributed by atoms with Crippen LogP contribution in [0.3, 0.4) is 0 Å². The molecule has 0 aromatic carbocycles. The molecule has 102 valence electrons. The first-order valence-corrected chi connectivity index (χ1v) is 5.91. The summed E-state index contributed by atoms with van der Waals surface area (Å²) < 4.78 is 9.34. The van der Waals surface area contributed by atoms with Crippen molar-refractivity contribution in [2.24, 2.45) is 5.92 Å². The molecule has 6 heteroatoms. The summed E-state index contributed by atoms with van der Waals surface area (Å²) in [5.74, 6) is -1.51. The van der Waals surface area contributed by atoms with Gasteiger partial charge in [0, 0.05) is 5.92 Å². The molecule has 18 heavy (non-hydrogen) atoms. The smallest absolute Gasteiger partial charge is 0.328 e. The maximum atomic E-state index is 12.1. The van der Waals surface area contributed by atoms with E-state index in [1.807, 2.05) is 0 Å². The van der Waals surface area contributed by atoms with Gasteiger partial charge in [-0.2, -0.15) is 0 Å². The maximum Gasteiger partial charge on any atom is 0.328 e. The zero-order chi connectivity index (χ0) is 13.9. The number of methoxy groups -OCH3 is 2. The number of hydrogen-bond donors (Lipinski definition) is 0. The Morgan fingerprint density at radius 3 is 1.67 bits per heavy atom. The minimum atomic E-state index is -0.686. The van der Waals surface area contributed by atoms with Crippen LogP contribution in [0, 0.1) is 5.92 Å². The molecule has 0 saturated carbocycles. The SMILES string of the molecule is COC(=O)C1CCC(C(=O)OC)N1C(=O)C(C)C. The molecular formula is C12H19NO5. The summed E-state index contributed by atoms with van der Waals surface area (Å²) in [5.41, 5.74) is 0. The first-order chi connectivity index (χ1) is 8.43. The van der Waals surface area contributed by atoms with E-state index in [9.17, 15) is 14.4 Å². The summed E-state index contributed by atoms with van der Waals surface area (Å²) in [6.45, 7) is 3.45. The molecule has 2 unspecified atom stereocenters. The van der Waals surface area contributed by atoms with Crippen LogP contribution in [0.4, 0.5) is 0 Å². The lowest BCUT2D eigenvalue weighted by atomic mass is 10.1. The molecule has 1 aliphatic rings. The van der Waals surface area contributed by atoms with Gasteiger partial charge in [0.15, 0.2) is 0 Å². The first-order valence-electron chi connectivity index (χ1n) is 5.91. The van der Waals surface area contributed by atoms with Crippen LogP contribution in [0.15, 0.2) is 0 Å². The zero-order valence-electron chi connectivity index (χ0n) is 11.1. The third kappa shape index (κ3) is 2.63. The Bertz CT molecular complexity index is 328. The Morgan fingerprint density at radius 1 is 1.00 bits per heavy atom. The van der Waals surface area contributed by atoms with Crippen molar-refractivity contribution in [3.63, 3.8) is 0 Å². The summed E-state index contributed by atoms with van der Waals surface area (Å²) in [6.07, 6.45) is 0.843. The highest BCUT2D eigenvalue weighted by Gasteiger charge is 2.45. The van der Waals surface area contributed by atoms with E-state index in [1.54, 1.807) is 13.8 Å². The quantitative estimate of drug-likeness (QED) is 0.682. The normalized spacial score (nSPS) is 23.1. The van der Waals surface area contributed by atoms with Gasteiger partial charge in [-0.15, -0.1) is 0 Å². The number of esters is 2. The first kappa shape index (κ1) is 14.5. The van der Waals surface area contributed by atoms with Gasteiger partial charge < -0.3 is 14.4 Å². The van der Waals surface area contributed by atoms with Crippen molar-refractivity contribution in [3.05, 3.63) is 0 Å². The molecule has 0 aromatic heterocycles. The Balaban J connectivity index is 2.99. The zero-order valence-corrected chi connectivity index (χ0v) is 11.1. The van der Waals surface area contributed by atoms with E-state index in [1.165, 1.54) is 19.1 Å². The number of rotatable bonds is 3. The summed E-state index contributed by atoms with van der Waals surface area (Å²) in [5, 5.41) is 0. The summed E-state index contributed by atoms with van der Waals surface area (Å²) in [4.78, 5) is 36.7. The molecule has 1 saturated heterocycles.